The van der Waals surface area contributed by atoms with E-state index in [1.54, 1.807) is 0 Å². The highest BCUT2D eigenvalue weighted by molar-refractivity contribution is 5.65. The largest absolute Gasteiger partial charge is 0.419 e. The molecule has 0 atom stereocenters. The standard InChI is InChI=1S/C4H12N2.2C3H5NO2/c1-5-3-4-6-2;2*1-2-6-3(4)5/h5-6H,3-4H2,1-2H3;2*2H,1H2,(H2,4,5). The summed E-state index contributed by atoms with van der Waals surface area (Å²) >= 11 is 0. The van der Waals surface area contributed by atoms with Crippen LogP contribution in [0, 0.1) is 0 Å². The molecule has 0 fully saturated rings. The molecule has 8 nitrogen and oxygen atoms in total. The average Bonchev–Trinajstić information content (AvgIpc) is 2.27. The SMILES string of the molecule is C=COC(N)=O.C=COC(N)=O.CNCCNC. The molecule has 6 N–H and O–H groups in total. The fourth-order valence-electron chi connectivity index (χ4n) is 0.414. The molecule has 0 spiro atoms. The van der Waals surface area contributed by atoms with E-state index in [1.807, 2.05) is 14.1 Å². The minimum Gasteiger partial charge on any atom is -0.419 e. The van der Waals surface area contributed by atoms with E-state index in [0.29, 0.717) is 0 Å². The number of rotatable bonds is 5. The number of hydrogen-bond donors (Lipinski definition) is 4. The van der Waals surface area contributed by atoms with Gasteiger partial charge in [-0.1, -0.05) is 13.2 Å². The number of primary amides is 2. The molecule has 2 amide bonds. The zero-order valence-electron chi connectivity index (χ0n) is 10.8. The minimum atomic E-state index is -0.829. The number of ether oxygens (including phenoxy) is 2. The Hall–Kier alpha value is -2.06. The molecule has 0 saturated heterocycles. The lowest BCUT2D eigenvalue weighted by molar-refractivity contribution is 0.195. The van der Waals surface area contributed by atoms with Gasteiger partial charge in [-0.25, -0.2) is 9.59 Å². The molecule has 0 rings (SSSR count). The molecule has 0 aliphatic heterocycles. The maximum Gasteiger partial charge on any atom is 0.409 e. The molecule has 18 heavy (non-hydrogen) atoms. The molecular formula is C10H22N4O4. The highest BCUT2D eigenvalue weighted by Crippen LogP contribution is 1.67. The van der Waals surface area contributed by atoms with Crippen LogP contribution < -0.4 is 22.1 Å². The van der Waals surface area contributed by atoms with E-state index in [4.69, 9.17) is 0 Å². The van der Waals surface area contributed by atoms with Crippen molar-refractivity contribution in [1.29, 1.82) is 0 Å². The van der Waals surface area contributed by atoms with Crippen molar-refractivity contribution in [2.75, 3.05) is 27.2 Å². The molecule has 106 valence electrons. The second kappa shape index (κ2) is 20.4. The van der Waals surface area contributed by atoms with Crippen molar-refractivity contribution in [3.63, 3.8) is 0 Å². The summed E-state index contributed by atoms with van der Waals surface area (Å²) in [5.41, 5.74) is 8.94. The first kappa shape index (κ1) is 21.2. The van der Waals surface area contributed by atoms with Gasteiger partial charge >= 0.3 is 12.2 Å². The summed E-state index contributed by atoms with van der Waals surface area (Å²) in [6, 6.07) is 0. The molecule has 0 heterocycles. The Morgan fingerprint density at radius 1 is 1.00 bits per heavy atom. The number of carbonyl (C=O) groups excluding carboxylic acids is 2. The topological polar surface area (TPSA) is 129 Å². The normalized spacial score (nSPS) is 7.44. The number of likely N-dealkylation sites (N-methyl/N-ethyl adjacent to an activating group) is 2. The van der Waals surface area contributed by atoms with E-state index in [2.05, 4.69) is 44.7 Å². The summed E-state index contributed by atoms with van der Waals surface area (Å²) < 4.78 is 7.89. The second-order valence-corrected chi connectivity index (χ2v) is 2.41. The van der Waals surface area contributed by atoms with E-state index in [9.17, 15) is 9.59 Å². The fraction of sp³-hybridized carbons (Fsp3) is 0.400. The van der Waals surface area contributed by atoms with Crippen molar-refractivity contribution in [3.05, 3.63) is 25.7 Å². The number of carbonyl (C=O) groups is 2. The zero-order chi connectivity index (χ0) is 14.8. The van der Waals surface area contributed by atoms with Gasteiger partial charge in [0.1, 0.15) is 0 Å². The maximum atomic E-state index is 9.53. The third-order valence-corrected chi connectivity index (χ3v) is 1.02. The van der Waals surface area contributed by atoms with Crippen LogP contribution in [0.15, 0.2) is 25.7 Å². The predicted molar refractivity (Wildman–Crippen MR) is 69.6 cm³/mol. The first-order chi connectivity index (χ1) is 8.45. The van der Waals surface area contributed by atoms with E-state index < -0.39 is 12.2 Å². The predicted octanol–water partition coefficient (Wildman–Crippen LogP) is -0.124. The lowest BCUT2D eigenvalue weighted by Crippen LogP contribution is -2.21. The Balaban J connectivity index is -0.000000187. The lowest BCUT2D eigenvalue weighted by atomic mass is 10.6. The summed E-state index contributed by atoms with van der Waals surface area (Å²) in [7, 11) is 3.88. The summed E-state index contributed by atoms with van der Waals surface area (Å²) in [5.74, 6) is 0. The van der Waals surface area contributed by atoms with E-state index in [0.717, 1.165) is 25.6 Å². The molecule has 0 saturated carbocycles. The van der Waals surface area contributed by atoms with Gasteiger partial charge in [0.2, 0.25) is 0 Å². The van der Waals surface area contributed by atoms with E-state index in [1.165, 1.54) is 0 Å². The van der Waals surface area contributed by atoms with Gasteiger partial charge in [0.15, 0.2) is 0 Å². The number of nitrogens with one attached hydrogen (secondary N) is 2. The highest BCUT2D eigenvalue weighted by Gasteiger charge is 1.80. The molecule has 0 aromatic rings. The van der Waals surface area contributed by atoms with Crippen LogP contribution in [0.1, 0.15) is 0 Å². The van der Waals surface area contributed by atoms with Crippen molar-refractivity contribution in [1.82, 2.24) is 10.6 Å². The van der Waals surface area contributed by atoms with Crippen LogP contribution in [0.25, 0.3) is 0 Å². The first-order valence-corrected chi connectivity index (χ1v) is 4.89. The first-order valence-electron chi connectivity index (χ1n) is 4.89. The zero-order valence-corrected chi connectivity index (χ0v) is 10.8. The minimum absolute atomic E-state index is 0.829. The summed E-state index contributed by atoms with van der Waals surface area (Å²) in [4.78, 5) is 19.1. The smallest absolute Gasteiger partial charge is 0.409 e. The molecule has 0 aliphatic carbocycles. The van der Waals surface area contributed by atoms with Crippen LogP contribution in [-0.2, 0) is 9.47 Å². The third-order valence-electron chi connectivity index (χ3n) is 1.02. The lowest BCUT2D eigenvalue weighted by Gasteiger charge is -1.92. The fourth-order valence-corrected chi connectivity index (χ4v) is 0.414. The summed E-state index contributed by atoms with van der Waals surface area (Å²) in [6.07, 6.45) is 0.292. The van der Waals surface area contributed by atoms with Gasteiger partial charge in [-0.3, -0.25) is 0 Å². The molecule has 0 radical (unpaired) electrons. The van der Waals surface area contributed by atoms with E-state index >= 15 is 0 Å². The van der Waals surface area contributed by atoms with Crippen molar-refractivity contribution in [2.24, 2.45) is 11.5 Å². The van der Waals surface area contributed by atoms with Crippen LogP contribution >= 0.6 is 0 Å². The van der Waals surface area contributed by atoms with E-state index in [-0.39, 0.29) is 0 Å². The number of hydrogen-bond acceptors (Lipinski definition) is 6. The van der Waals surface area contributed by atoms with Crippen LogP contribution in [0.5, 0.6) is 0 Å². The van der Waals surface area contributed by atoms with Crippen LogP contribution in [0.2, 0.25) is 0 Å². The Kier molecular flexibility index (Phi) is 24.0. The molecule has 8 heteroatoms. The summed E-state index contributed by atoms with van der Waals surface area (Å²) in [5, 5.41) is 6.01. The highest BCUT2D eigenvalue weighted by atomic mass is 16.5. The van der Waals surface area contributed by atoms with Crippen molar-refractivity contribution >= 4 is 12.2 Å². The molecule has 0 bridgehead atoms. The van der Waals surface area contributed by atoms with Gasteiger partial charge in [-0.05, 0) is 14.1 Å². The number of amides is 2. The monoisotopic (exact) mass is 262 g/mol. The van der Waals surface area contributed by atoms with Gasteiger partial charge in [0.05, 0.1) is 12.5 Å². The molecular weight excluding hydrogens is 240 g/mol. The molecule has 0 aromatic heterocycles. The quantitative estimate of drug-likeness (QED) is 0.403. The van der Waals surface area contributed by atoms with Gasteiger partial charge in [0.25, 0.3) is 0 Å². The van der Waals surface area contributed by atoms with Crippen LogP contribution in [0.3, 0.4) is 0 Å². The second-order valence-electron chi connectivity index (χ2n) is 2.41. The van der Waals surface area contributed by atoms with Crippen LogP contribution in [-0.4, -0.2) is 39.4 Å². The Labute approximate surface area is 107 Å². The van der Waals surface area contributed by atoms with Crippen molar-refractivity contribution in [2.45, 2.75) is 0 Å². The van der Waals surface area contributed by atoms with Crippen molar-refractivity contribution < 1.29 is 19.1 Å². The molecule has 0 aliphatic rings. The van der Waals surface area contributed by atoms with Gasteiger partial charge < -0.3 is 31.6 Å². The molecule has 0 unspecified atom stereocenters. The Morgan fingerprint density at radius 2 is 1.28 bits per heavy atom. The van der Waals surface area contributed by atoms with Crippen molar-refractivity contribution in [3.8, 4) is 0 Å². The van der Waals surface area contributed by atoms with Gasteiger partial charge in [-0.15, -0.1) is 0 Å². The van der Waals surface area contributed by atoms with Gasteiger partial charge in [0, 0.05) is 13.1 Å². The number of nitrogens with two attached hydrogens (primary N) is 2. The third kappa shape index (κ3) is 48.5. The Morgan fingerprint density at radius 3 is 1.33 bits per heavy atom. The Bertz CT molecular complexity index is 210. The maximum absolute atomic E-state index is 9.53. The average molecular weight is 262 g/mol. The van der Waals surface area contributed by atoms with Crippen LogP contribution in [0.4, 0.5) is 9.59 Å². The molecule has 0 aromatic carbocycles. The summed E-state index contributed by atoms with van der Waals surface area (Å²) in [6.45, 7) is 8.26. The van der Waals surface area contributed by atoms with Gasteiger partial charge in [-0.2, -0.15) is 0 Å².